The monoisotopic (exact) mass is 286 g/mol. The predicted molar refractivity (Wildman–Crippen MR) is 79.8 cm³/mol. The number of aromatic nitrogens is 1. The molecular formula is C15H11ClN2O2. The molecule has 0 saturated carbocycles. The van der Waals surface area contributed by atoms with Crippen LogP contribution in [0.25, 0.3) is 10.9 Å². The average molecular weight is 287 g/mol. The lowest BCUT2D eigenvalue weighted by Gasteiger charge is -2.06. The number of benzene rings is 2. The number of hydrogen-bond acceptors (Lipinski definition) is 4. The van der Waals surface area contributed by atoms with Crippen molar-refractivity contribution in [2.24, 2.45) is 0 Å². The number of nitrogens with zero attached hydrogens (tertiary/aromatic N) is 1. The summed E-state index contributed by atoms with van der Waals surface area (Å²) in [5, 5.41) is 4.07. The van der Waals surface area contributed by atoms with Crippen LogP contribution in [0.15, 0.2) is 51.7 Å². The zero-order chi connectivity index (χ0) is 14.1. The minimum absolute atomic E-state index is 0.166. The molecule has 0 fully saturated rings. The molecule has 1 N–H and O–H groups in total. The van der Waals surface area contributed by atoms with Crippen molar-refractivity contribution in [3.8, 4) is 0 Å². The van der Waals surface area contributed by atoms with Crippen LogP contribution in [-0.2, 0) is 0 Å². The second kappa shape index (κ2) is 4.98. The molecule has 0 aliphatic carbocycles. The Kier molecular flexibility index (Phi) is 3.16. The SMILES string of the molecule is Cc1cccc2c(=O)oc(Nc3ccc(Cl)cc3)nc12. The van der Waals surface area contributed by atoms with E-state index >= 15 is 0 Å². The third kappa shape index (κ3) is 2.38. The van der Waals surface area contributed by atoms with E-state index in [9.17, 15) is 4.79 Å². The summed E-state index contributed by atoms with van der Waals surface area (Å²) in [7, 11) is 0. The van der Waals surface area contributed by atoms with Gasteiger partial charge in [0, 0.05) is 10.7 Å². The first-order valence-electron chi connectivity index (χ1n) is 6.06. The van der Waals surface area contributed by atoms with Gasteiger partial charge in [0.05, 0.1) is 10.9 Å². The van der Waals surface area contributed by atoms with Gasteiger partial charge in [-0.1, -0.05) is 23.7 Å². The summed E-state index contributed by atoms with van der Waals surface area (Å²) in [5.41, 5.74) is 1.91. The highest BCUT2D eigenvalue weighted by molar-refractivity contribution is 6.30. The molecule has 0 bridgehead atoms. The summed E-state index contributed by atoms with van der Waals surface area (Å²) >= 11 is 5.82. The van der Waals surface area contributed by atoms with Crippen LogP contribution in [0.1, 0.15) is 5.56 Å². The Balaban J connectivity index is 2.06. The van der Waals surface area contributed by atoms with Gasteiger partial charge in [0.1, 0.15) is 0 Å². The van der Waals surface area contributed by atoms with Gasteiger partial charge in [0.15, 0.2) is 0 Å². The fourth-order valence-electron chi connectivity index (χ4n) is 1.95. The van der Waals surface area contributed by atoms with Crippen LogP contribution in [0.5, 0.6) is 0 Å². The van der Waals surface area contributed by atoms with Gasteiger partial charge in [-0.15, -0.1) is 0 Å². The lowest BCUT2D eigenvalue weighted by Crippen LogP contribution is -2.05. The lowest BCUT2D eigenvalue weighted by molar-refractivity contribution is 0.522. The fraction of sp³-hybridized carbons (Fsp3) is 0.0667. The molecule has 4 nitrogen and oxygen atoms in total. The molecule has 0 aliphatic heterocycles. The predicted octanol–water partition coefficient (Wildman–Crippen LogP) is 3.89. The third-order valence-electron chi connectivity index (χ3n) is 2.96. The standard InChI is InChI=1S/C15H11ClN2O2/c1-9-3-2-4-12-13(9)18-15(20-14(12)19)17-11-7-5-10(16)6-8-11/h2-8H,1H3,(H,17,18). The maximum absolute atomic E-state index is 11.9. The average Bonchev–Trinajstić information content (AvgIpc) is 2.43. The minimum Gasteiger partial charge on any atom is -0.388 e. The highest BCUT2D eigenvalue weighted by atomic mass is 35.5. The van der Waals surface area contributed by atoms with Crippen molar-refractivity contribution >= 4 is 34.2 Å². The van der Waals surface area contributed by atoms with Crippen molar-refractivity contribution in [1.29, 1.82) is 0 Å². The van der Waals surface area contributed by atoms with Crippen LogP contribution >= 0.6 is 11.6 Å². The Morgan fingerprint density at radius 2 is 1.90 bits per heavy atom. The van der Waals surface area contributed by atoms with Crippen LogP contribution in [0.2, 0.25) is 5.02 Å². The van der Waals surface area contributed by atoms with Crippen LogP contribution in [-0.4, -0.2) is 4.98 Å². The first kappa shape index (κ1) is 12.7. The molecule has 1 heterocycles. The molecule has 3 aromatic rings. The third-order valence-corrected chi connectivity index (χ3v) is 3.21. The molecule has 100 valence electrons. The molecule has 0 radical (unpaired) electrons. The molecule has 2 aromatic carbocycles. The van der Waals surface area contributed by atoms with Gasteiger partial charge in [-0.25, -0.2) is 4.79 Å². The second-order valence-corrected chi connectivity index (χ2v) is 4.85. The number of hydrogen-bond donors (Lipinski definition) is 1. The van der Waals surface area contributed by atoms with E-state index in [4.69, 9.17) is 16.0 Å². The number of para-hydroxylation sites is 1. The van der Waals surface area contributed by atoms with Crippen molar-refractivity contribution in [3.05, 3.63) is 63.5 Å². The Labute approximate surface area is 120 Å². The lowest BCUT2D eigenvalue weighted by atomic mass is 10.1. The first-order chi connectivity index (χ1) is 9.63. The molecule has 0 saturated heterocycles. The van der Waals surface area contributed by atoms with Crippen molar-refractivity contribution in [3.63, 3.8) is 0 Å². The summed E-state index contributed by atoms with van der Waals surface area (Å²) in [6.07, 6.45) is 0. The van der Waals surface area contributed by atoms with Crippen molar-refractivity contribution in [2.45, 2.75) is 6.92 Å². The Morgan fingerprint density at radius 3 is 2.65 bits per heavy atom. The largest absolute Gasteiger partial charge is 0.388 e. The molecule has 1 aromatic heterocycles. The van der Waals surface area contributed by atoms with E-state index in [0.717, 1.165) is 11.3 Å². The molecule has 0 atom stereocenters. The van der Waals surface area contributed by atoms with E-state index in [2.05, 4.69) is 10.3 Å². The molecule has 3 rings (SSSR count). The Morgan fingerprint density at radius 1 is 1.15 bits per heavy atom. The van der Waals surface area contributed by atoms with Gasteiger partial charge in [0.25, 0.3) is 0 Å². The van der Waals surface area contributed by atoms with Crippen LogP contribution in [0.4, 0.5) is 11.7 Å². The number of halogens is 1. The molecule has 5 heteroatoms. The zero-order valence-corrected chi connectivity index (χ0v) is 11.4. The van der Waals surface area contributed by atoms with E-state index in [1.807, 2.05) is 19.1 Å². The van der Waals surface area contributed by atoms with E-state index in [1.54, 1.807) is 30.3 Å². The van der Waals surface area contributed by atoms with E-state index < -0.39 is 5.63 Å². The number of anilines is 2. The van der Waals surface area contributed by atoms with Crippen molar-refractivity contribution in [1.82, 2.24) is 4.98 Å². The fourth-order valence-corrected chi connectivity index (χ4v) is 2.08. The summed E-state index contributed by atoms with van der Waals surface area (Å²) in [6.45, 7) is 1.90. The van der Waals surface area contributed by atoms with Gasteiger partial charge in [-0.05, 0) is 42.8 Å². The maximum atomic E-state index is 11.9. The molecule has 0 amide bonds. The summed E-state index contributed by atoms with van der Waals surface area (Å²) in [5.74, 6) is 0. The minimum atomic E-state index is -0.407. The number of rotatable bonds is 2. The van der Waals surface area contributed by atoms with Crippen LogP contribution in [0.3, 0.4) is 0 Å². The number of aryl methyl sites for hydroxylation is 1. The highest BCUT2D eigenvalue weighted by Gasteiger charge is 2.08. The molecule has 0 unspecified atom stereocenters. The van der Waals surface area contributed by atoms with Gasteiger partial charge < -0.3 is 9.73 Å². The van der Waals surface area contributed by atoms with E-state index in [-0.39, 0.29) is 6.01 Å². The van der Waals surface area contributed by atoms with Crippen LogP contribution in [0, 0.1) is 6.92 Å². The van der Waals surface area contributed by atoms with Gasteiger partial charge in [0.2, 0.25) is 0 Å². The van der Waals surface area contributed by atoms with E-state index in [0.29, 0.717) is 15.9 Å². The normalized spacial score (nSPS) is 10.7. The Hall–Kier alpha value is -2.33. The van der Waals surface area contributed by atoms with Crippen molar-refractivity contribution in [2.75, 3.05) is 5.32 Å². The summed E-state index contributed by atoms with van der Waals surface area (Å²) in [6, 6.07) is 12.6. The maximum Gasteiger partial charge on any atom is 0.348 e. The van der Waals surface area contributed by atoms with Gasteiger partial charge in [-0.2, -0.15) is 4.98 Å². The smallest absolute Gasteiger partial charge is 0.348 e. The topological polar surface area (TPSA) is 55.1 Å². The second-order valence-electron chi connectivity index (χ2n) is 4.41. The highest BCUT2D eigenvalue weighted by Crippen LogP contribution is 2.19. The Bertz CT molecular complexity index is 825. The molecule has 20 heavy (non-hydrogen) atoms. The number of nitrogens with one attached hydrogen (secondary N) is 1. The van der Waals surface area contributed by atoms with Crippen molar-refractivity contribution < 1.29 is 4.42 Å². The number of fused-ring (bicyclic) bond motifs is 1. The van der Waals surface area contributed by atoms with Crippen LogP contribution < -0.4 is 10.9 Å². The zero-order valence-electron chi connectivity index (χ0n) is 10.7. The molecule has 0 aliphatic rings. The van der Waals surface area contributed by atoms with Gasteiger partial charge in [-0.3, -0.25) is 0 Å². The first-order valence-corrected chi connectivity index (χ1v) is 6.44. The van der Waals surface area contributed by atoms with Gasteiger partial charge >= 0.3 is 11.6 Å². The molecular weight excluding hydrogens is 276 g/mol. The quantitative estimate of drug-likeness (QED) is 0.776. The van der Waals surface area contributed by atoms with E-state index in [1.165, 1.54) is 0 Å². The summed E-state index contributed by atoms with van der Waals surface area (Å²) < 4.78 is 5.17. The molecule has 0 spiro atoms. The summed E-state index contributed by atoms with van der Waals surface area (Å²) in [4.78, 5) is 16.3.